The number of ether oxygens (including phenoxy) is 1. The number of hydrogen-bond acceptors (Lipinski definition) is 7. The third-order valence-corrected chi connectivity index (χ3v) is 5.55. The Hall–Kier alpha value is -2.91. The molecule has 2 aromatic rings. The number of halogens is 2. The fourth-order valence-electron chi connectivity index (χ4n) is 3.83. The van der Waals surface area contributed by atoms with Crippen LogP contribution in [-0.4, -0.2) is 54.3 Å². The molecule has 0 spiro atoms. The molecule has 4 atom stereocenters. The summed E-state index contributed by atoms with van der Waals surface area (Å²) < 4.78 is 33.3. The number of nitrogens with one attached hydrogen (secondary N) is 2. The van der Waals surface area contributed by atoms with Crippen LogP contribution in [0.3, 0.4) is 0 Å². The van der Waals surface area contributed by atoms with Crippen molar-refractivity contribution in [2.75, 3.05) is 25.6 Å². The Balaban J connectivity index is 1.45. The van der Waals surface area contributed by atoms with E-state index in [0.29, 0.717) is 35.1 Å². The molecule has 9 heteroatoms. The minimum absolute atomic E-state index is 0.276. The first-order chi connectivity index (χ1) is 14.1. The van der Waals surface area contributed by atoms with Crippen LogP contribution in [0.4, 0.5) is 14.5 Å². The first-order valence-electron chi connectivity index (χ1n) is 9.47. The van der Waals surface area contributed by atoms with E-state index in [1.54, 1.807) is 24.3 Å². The van der Waals surface area contributed by atoms with Crippen molar-refractivity contribution in [1.29, 1.82) is 0 Å². The van der Waals surface area contributed by atoms with Crippen LogP contribution < -0.4 is 10.6 Å². The summed E-state index contributed by atoms with van der Waals surface area (Å²) in [6.45, 7) is 1.50. The van der Waals surface area contributed by atoms with Crippen LogP contribution in [-0.2, 0) is 4.74 Å². The fourth-order valence-corrected chi connectivity index (χ4v) is 3.83. The molecule has 2 unspecified atom stereocenters. The van der Waals surface area contributed by atoms with Crippen LogP contribution in [0.1, 0.15) is 5.56 Å². The topological polar surface area (TPSA) is 74.1 Å². The normalized spacial score (nSPS) is 27.9. The number of fused-ring (bicyclic) bond motifs is 1. The minimum atomic E-state index is -0.600. The molecule has 1 aromatic heterocycles. The van der Waals surface area contributed by atoms with Gasteiger partial charge < -0.3 is 15.0 Å². The number of aliphatic imine (C=N–C) groups is 2. The molecule has 2 aliphatic heterocycles. The van der Waals surface area contributed by atoms with E-state index in [9.17, 15) is 8.78 Å². The van der Waals surface area contributed by atoms with Crippen LogP contribution in [0.2, 0.25) is 0 Å². The van der Waals surface area contributed by atoms with E-state index in [0.717, 1.165) is 13.2 Å². The van der Waals surface area contributed by atoms with Crippen LogP contribution >= 0.6 is 0 Å². The molecule has 1 saturated carbocycles. The third-order valence-electron chi connectivity index (χ3n) is 5.55. The van der Waals surface area contributed by atoms with Gasteiger partial charge in [-0.1, -0.05) is 12.1 Å². The summed E-state index contributed by atoms with van der Waals surface area (Å²) in [7, 11) is 1.83. The van der Waals surface area contributed by atoms with Gasteiger partial charge in [0.15, 0.2) is 12.1 Å². The largest absolute Gasteiger partial charge is 0.381 e. The molecule has 1 aliphatic carbocycles. The third kappa shape index (κ3) is 3.47. The van der Waals surface area contributed by atoms with Gasteiger partial charge in [0.1, 0.15) is 5.82 Å². The van der Waals surface area contributed by atoms with Crippen LogP contribution in [0.5, 0.6) is 0 Å². The minimum Gasteiger partial charge on any atom is -0.381 e. The van der Waals surface area contributed by atoms with E-state index in [1.165, 1.54) is 18.3 Å². The molecule has 29 heavy (non-hydrogen) atoms. The highest BCUT2D eigenvalue weighted by Gasteiger charge is 2.55. The number of anilines is 1. The van der Waals surface area contributed by atoms with Crippen molar-refractivity contribution in [2.24, 2.45) is 21.8 Å². The number of rotatable bonds is 4. The molecule has 3 aliphatic rings. The van der Waals surface area contributed by atoms with Crippen molar-refractivity contribution in [1.82, 2.24) is 15.2 Å². The van der Waals surface area contributed by atoms with Gasteiger partial charge in [-0.15, -0.1) is 0 Å². The Kier molecular flexibility index (Phi) is 4.48. The predicted octanol–water partition coefficient (Wildman–Crippen LogP) is 2.04. The van der Waals surface area contributed by atoms with Crippen LogP contribution in [0.25, 0.3) is 0 Å². The molecule has 0 radical (unpaired) electrons. The average Bonchev–Trinajstić information content (AvgIpc) is 3.11. The number of aromatic nitrogens is 1. The van der Waals surface area contributed by atoms with Gasteiger partial charge in [-0.25, -0.2) is 14.4 Å². The maximum Gasteiger partial charge on any atom is 0.214 e. The molecule has 5 rings (SSSR count). The fraction of sp³-hybridized carbons (Fsp3) is 0.350. The molecule has 1 saturated heterocycles. The lowest BCUT2D eigenvalue weighted by Crippen LogP contribution is -2.52. The summed E-state index contributed by atoms with van der Waals surface area (Å²) >= 11 is 0. The lowest BCUT2D eigenvalue weighted by atomic mass is 10.2. The number of pyridine rings is 1. The Morgan fingerprint density at radius 1 is 1.14 bits per heavy atom. The second-order valence-corrected chi connectivity index (χ2v) is 7.40. The number of hydrogen-bond donors (Lipinski definition) is 2. The predicted molar refractivity (Wildman–Crippen MR) is 104 cm³/mol. The first-order valence-corrected chi connectivity index (χ1v) is 9.47. The molecule has 7 nitrogen and oxygen atoms in total. The molecule has 0 bridgehead atoms. The summed E-state index contributed by atoms with van der Waals surface area (Å²) in [5.41, 5.74) is 0.806. The highest BCUT2D eigenvalue weighted by molar-refractivity contribution is 6.10. The Morgan fingerprint density at radius 2 is 1.93 bits per heavy atom. The summed E-state index contributed by atoms with van der Waals surface area (Å²) in [6.07, 6.45) is 0.931. The summed E-state index contributed by atoms with van der Waals surface area (Å²) in [5.74, 6) is 0.684. The maximum absolute atomic E-state index is 14.4. The Labute approximate surface area is 166 Å². The van der Waals surface area contributed by atoms with E-state index < -0.39 is 18.1 Å². The summed E-state index contributed by atoms with van der Waals surface area (Å²) in [4.78, 5) is 14.5. The second-order valence-electron chi connectivity index (χ2n) is 7.40. The Morgan fingerprint density at radius 3 is 2.69 bits per heavy atom. The highest BCUT2D eigenvalue weighted by Crippen LogP contribution is 2.44. The highest BCUT2D eigenvalue weighted by atomic mass is 19.1. The number of benzene rings is 1. The average molecular weight is 398 g/mol. The van der Waals surface area contributed by atoms with Gasteiger partial charge in [0.25, 0.3) is 0 Å². The van der Waals surface area contributed by atoms with Crippen molar-refractivity contribution >= 4 is 17.5 Å². The zero-order valence-corrected chi connectivity index (χ0v) is 15.7. The smallest absolute Gasteiger partial charge is 0.214 e. The molecular weight excluding hydrogens is 378 g/mol. The van der Waals surface area contributed by atoms with Crippen molar-refractivity contribution in [2.45, 2.75) is 12.3 Å². The van der Waals surface area contributed by atoms with Gasteiger partial charge in [-0.2, -0.15) is 9.38 Å². The van der Waals surface area contributed by atoms with Gasteiger partial charge >= 0.3 is 0 Å². The first kappa shape index (κ1) is 18.1. The van der Waals surface area contributed by atoms with Gasteiger partial charge in [-0.3, -0.25) is 5.32 Å². The lowest BCUT2D eigenvalue weighted by Gasteiger charge is -2.33. The monoisotopic (exact) mass is 398 g/mol. The lowest BCUT2D eigenvalue weighted by molar-refractivity contribution is 0.149. The van der Waals surface area contributed by atoms with Crippen molar-refractivity contribution < 1.29 is 13.5 Å². The Bertz CT molecular complexity index is 986. The van der Waals surface area contributed by atoms with Crippen LogP contribution in [0, 0.1) is 23.6 Å². The van der Waals surface area contributed by atoms with E-state index in [1.807, 2.05) is 11.9 Å². The second kappa shape index (κ2) is 7.16. The van der Waals surface area contributed by atoms with Crippen molar-refractivity contribution in [3.05, 3.63) is 59.9 Å². The van der Waals surface area contributed by atoms with E-state index in [-0.39, 0.29) is 5.84 Å². The molecule has 3 heterocycles. The molecule has 0 amide bonds. The molecule has 150 valence electrons. The molecule has 2 N–H and O–H groups in total. The standard InChI is InChI=1S/C20H20F2N6O/c1-28-19(24-11-6-7-23-16(22)8-11)26-18(12-4-2-3-5-15(12)21)27-20(28)25-17-13-9-29-10-14(13)17/h2-8,13-14,17,20,25H,9-10H2,1H3,(H,23,24,26,27)/t13-,14+,17?,20?. The zero-order chi connectivity index (χ0) is 20.0. The van der Waals surface area contributed by atoms with Gasteiger partial charge in [0, 0.05) is 42.9 Å². The number of guanidine groups is 1. The van der Waals surface area contributed by atoms with E-state index in [2.05, 4.69) is 25.6 Å². The SMILES string of the molecule is CN1C(Nc2ccnc(F)c2)=NC(c2ccccc2F)=NC1NC1[C@H]2COC[C@@H]12. The maximum atomic E-state index is 14.4. The van der Waals surface area contributed by atoms with Gasteiger partial charge in [0.2, 0.25) is 11.9 Å². The zero-order valence-electron chi connectivity index (χ0n) is 15.7. The quantitative estimate of drug-likeness (QED) is 0.771. The summed E-state index contributed by atoms with van der Waals surface area (Å²) in [5, 5.41) is 6.61. The molecule has 1 aromatic carbocycles. The number of amidine groups is 1. The van der Waals surface area contributed by atoms with E-state index >= 15 is 0 Å². The summed E-state index contributed by atoms with van der Waals surface area (Å²) in [6, 6.07) is 9.60. The van der Waals surface area contributed by atoms with Gasteiger partial charge in [0.05, 0.1) is 18.8 Å². The van der Waals surface area contributed by atoms with Crippen LogP contribution in [0.15, 0.2) is 52.6 Å². The van der Waals surface area contributed by atoms with Crippen molar-refractivity contribution in [3.8, 4) is 0 Å². The number of nitrogens with zero attached hydrogens (tertiary/aromatic N) is 4. The van der Waals surface area contributed by atoms with Gasteiger partial charge in [-0.05, 0) is 18.2 Å². The molecule has 2 fully saturated rings. The van der Waals surface area contributed by atoms with E-state index in [4.69, 9.17) is 4.74 Å². The van der Waals surface area contributed by atoms with Crippen molar-refractivity contribution in [3.63, 3.8) is 0 Å². The molecular formula is C20H20F2N6O.